The minimum absolute atomic E-state index is 0.0432. The fourth-order valence-corrected chi connectivity index (χ4v) is 3.33. The number of hydrogen-bond acceptors (Lipinski definition) is 3. The molecule has 0 unspecified atom stereocenters. The Labute approximate surface area is 145 Å². The smallest absolute Gasteiger partial charge is 0.261 e. The second-order valence-corrected chi connectivity index (χ2v) is 7.01. The molecule has 6 heteroatoms. The van der Waals surface area contributed by atoms with Crippen molar-refractivity contribution in [3.63, 3.8) is 0 Å². The van der Waals surface area contributed by atoms with Crippen LogP contribution in [0.15, 0.2) is 83.8 Å². The quantitative estimate of drug-likeness (QED) is 0.707. The van der Waals surface area contributed by atoms with Crippen LogP contribution >= 0.6 is 0 Å². The molecule has 0 aliphatic heterocycles. The first kappa shape index (κ1) is 16.9. The van der Waals surface area contributed by atoms with E-state index in [1.807, 2.05) is 6.07 Å². The van der Waals surface area contributed by atoms with Gasteiger partial charge in [0.1, 0.15) is 5.82 Å². The van der Waals surface area contributed by atoms with E-state index in [-0.39, 0.29) is 10.7 Å². The largest absolute Gasteiger partial charge is 0.289 e. The van der Waals surface area contributed by atoms with Crippen molar-refractivity contribution < 1.29 is 17.6 Å². The summed E-state index contributed by atoms with van der Waals surface area (Å²) in [4.78, 5) is 12.3. The van der Waals surface area contributed by atoms with Crippen molar-refractivity contribution in [2.45, 2.75) is 4.90 Å². The van der Waals surface area contributed by atoms with Gasteiger partial charge in [-0.3, -0.25) is 9.52 Å². The summed E-state index contributed by atoms with van der Waals surface area (Å²) < 4.78 is 39.8. The van der Waals surface area contributed by atoms with Crippen LogP contribution in [0.5, 0.6) is 0 Å². The second-order valence-electron chi connectivity index (χ2n) is 5.33. The summed E-state index contributed by atoms with van der Waals surface area (Å²) in [7, 11) is -3.82. The molecule has 0 aliphatic rings. The van der Waals surface area contributed by atoms with Crippen LogP contribution in [0.25, 0.3) is 0 Å². The van der Waals surface area contributed by atoms with Gasteiger partial charge in [0.2, 0.25) is 0 Å². The number of hydrogen-bond donors (Lipinski definition) is 1. The molecule has 0 atom stereocenters. The number of nitrogens with one attached hydrogen (secondary N) is 1. The summed E-state index contributed by atoms with van der Waals surface area (Å²) in [5.41, 5.74) is 1.33. The van der Waals surface area contributed by atoms with Gasteiger partial charge in [-0.15, -0.1) is 0 Å². The van der Waals surface area contributed by atoms with E-state index in [4.69, 9.17) is 0 Å². The van der Waals surface area contributed by atoms with E-state index in [0.717, 1.165) is 12.1 Å². The molecule has 3 rings (SSSR count). The second kappa shape index (κ2) is 6.86. The molecule has 0 aliphatic carbocycles. The van der Waals surface area contributed by atoms with E-state index < -0.39 is 15.8 Å². The Balaban J connectivity index is 1.79. The molecule has 0 saturated carbocycles. The van der Waals surface area contributed by atoms with Gasteiger partial charge in [0.15, 0.2) is 5.78 Å². The molecule has 25 heavy (non-hydrogen) atoms. The lowest BCUT2D eigenvalue weighted by Gasteiger charge is -2.09. The summed E-state index contributed by atoms with van der Waals surface area (Å²) in [6.07, 6.45) is 0. The maximum absolute atomic E-state index is 12.9. The summed E-state index contributed by atoms with van der Waals surface area (Å²) in [5.74, 6) is -0.656. The van der Waals surface area contributed by atoms with Gasteiger partial charge >= 0.3 is 0 Å². The van der Waals surface area contributed by atoms with Crippen LogP contribution in [0.4, 0.5) is 10.1 Å². The van der Waals surface area contributed by atoms with Gasteiger partial charge < -0.3 is 0 Å². The molecule has 0 aromatic heterocycles. The van der Waals surface area contributed by atoms with Crippen LogP contribution < -0.4 is 4.72 Å². The van der Waals surface area contributed by atoms with Crippen LogP contribution in [-0.2, 0) is 10.0 Å². The lowest BCUT2D eigenvalue weighted by molar-refractivity contribution is 0.103. The number of rotatable bonds is 5. The molecule has 0 bridgehead atoms. The number of carbonyl (C=O) groups excluding carboxylic acids is 1. The molecule has 1 N–H and O–H groups in total. The highest BCUT2D eigenvalue weighted by Gasteiger charge is 2.15. The highest BCUT2D eigenvalue weighted by atomic mass is 32.2. The minimum Gasteiger partial charge on any atom is -0.289 e. The van der Waals surface area contributed by atoms with E-state index in [1.54, 1.807) is 36.4 Å². The topological polar surface area (TPSA) is 63.2 Å². The lowest BCUT2D eigenvalue weighted by Crippen LogP contribution is -2.13. The zero-order valence-corrected chi connectivity index (χ0v) is 13.8. The van der Waals surface area contributed by atoms with Crippen molar-refractivity contribution in [3.05, 3.63) is 95.8 Å². The third-order valence-corrected chi connectivity index (χ3v) is 4.96. The Kier molecular flexibility index (Phi) is 4.63. The predicted octanol–water partition coefficient (Wildman–Crippen LogP) is 3.86. The molecule has 0 radical (unpaired) electrons. The molecule has 4 nitrogen and oxygen atoms in total. The van der Waals surface area contributed by atoms with E-state index in [2.05, 4.69) is 4.72 Å². The molecular formula is C19H14FNO3S. The Hall–Kier alpha value is -2.99. The van der Waals surface area contributed by atoms with Crippen LogP contribution in [0.3, 0.4) is 0 Å². The molecule has 3 aromatic carbocycles. The normalized spacial score (nSPS) is 11.1. The van der Waals surface area contributed by atoms with Gasteiger partial charge in [-0.1, -0.05) is 30.3 Å². The molecule has 0 fully saturated rings. The fraction of sp³-hybridized carbons (Fsp3) is 0. The number of benzene rings is 3. The zero-order chi connectivity index (χ0) is 17.9. The SMILES string of the molecule is O=C(c1ccccc1)c1ccc(NS(=O)(=O)c2ccc(F)cc2)cc1. The Morgan fingerprint density at radius 3 is 1.92 bits per heavy atom. The number of carbonyl (C=O) groups is 1. The van der Waals surface area contributed by atoms with Crippen molar-refractivity contribution in [2.24, 2.45) is 0 Å². The van der Waals surface area contributed by atoms with Gasteiger partial charge in [0.05, 0.1) is 4.90 Å². The summed E-state index contributed by atoms with van der Waals surface area (Å²) in [6.45, 7) is 0. The summed E-state index contributed by atoms with van der Waals surface area (Å²) in [6, 6.07) is 19.5. The maximum Gasteiger partial charge on any atom is 0.261 e. The van der Waals surface area contributed by atoms with E-state index in [1.165, 1.54) is 24.3 Å². The molecular weight excluding hydrogens is 341 g/mol. The van der Waals surface area contributed by atoms with E-state index >= 15 is 0 Å². The summed E-state index contributed by atoms with van der Waals surface area (Å²) in [5, 5.41) is 0. The lowest BCUT2D eigenvalue weighted by atomic mass is 10.0. The van der Waals surface area contributed by atoms with Gasteiger partial charge in [0.25, 0.3) is 10.0 Å². The molecule has 0 heterocycles. The number of anilines is 1. The van der Waals surface area contributed by atoms with Gasteiger partial charge in [0, 0.05) is 16.8 Å². The van der Waals surface area contributed by atoms with Crippen LogP contribution in [0, 0.1) is 5.82 Å². The molecule has 126 valence electrons. The first-order valence-electron chi connectivity index (χ1n) is 7.44. The van der Waals surface area contributed by atoms with Crippen molar-refractivity contribution in [1.82, 2.24) is 0 Å². The monoisotopic (exact) mass is 355 g/mol. The number of halogens is 1. The Bertz CT molecular complexity index is 983. The molecule has 0 saturated heterocycles. The molecule has 0 amide bonds. The first-order valence-corrected chi connectivity index (χ1v) is 8.92. The Morgan fingerprint density at radius 2 is 1.32 bits per heavy atom. The van der Waals surface area contributed by atoms with Crippen LogP contribution in [0.2, 0.25) is 0 Å². The first-order chi connectivity index (χ1) is 12.0. The molecule has 0 spiro atoms. The average molecular weight is 355 g/mol. The van der Waals surface area contributed by atoms with Crippen molar-refractivity contribution in [3.8, 4) is 0 Å². The third kappa shape index (κ3) is 3.92. The number of ketones is 1. The van der Waals surface area contributed by atoms with Gasteiger partial charge in [-0.25, -0.2) is 12.8 Å². The van der Waals surface area contributed by atoms with Gasteiger partial charge in [-0.2, -0.15) is 0 Å². The average Bonchev–Trinajstić information content (AvgIpc) is 2.62. The summed E-state index contributed by atoms with van der Waals surface area (Å²) >= 11 is 0. The van der Waals surface area contributed by atoms with Crippen molar-refractivity contribution in [2.75, 3.05) is 4.72 Å². The van der Waals surface area contributed by atoms with Crippen LogP contribution in [0.1, 0.15) is 15.9 Å². The third-order valence-electron chi connectivity index (χ3n) is 3.56. The zero-order valence-electron chi connectivity index (χ0n) is 13.0. The highest BCUT2D eigenvalue weighted by molar-refractivity contribution is 7.92. The predicted molar refractivity (Wildman–Crippen MR) is 93.5 cm³/mol. The van der Waals surface area contributed by atoms with Crippen molar-refractivity contribution >= 4 is 21.5 Å². The Morgan fingerprint density at radius 1 is 0.760 bits per heavy atom. The standard InChI is InChI=1S/C19H14FNO3S/c20-16-8-12-18(13-9-16)25(23,24)21-17-10-6-15(7-11-17)19(22)14-4-2-1-3-5-14/h1-13,21H. The fourth-order valence-electron chi connectivity index (χ4n) is 2.27. The minimum atomic E-state index is -3.82. The van der Waals surface area contributed by atoms with Crippen LogP contribution in [-0.4, -0.2) is 14.2 Å². The van der Waals surface area contributed by atoms with E-state index in [9.17, 15) is 17.6 Å². The highest BCUT2D eigenvalue weighted by Crippen LogP contribution is 2.18. The molecule has 3 aromatic rings. The number of sulfonamides is 1. The van der Waals surface area contributed by atoms with E-state index in [0.29, 0.717) is 16.8 Å². The maximum atomic E-state index is 12.9. The van der Waals surface area contributed by atoms with Crippen molar-refractivity contribution in [1.29, 1.82) is 0 Å². The van der Waals surface area contributed by atoms with Gasteiger partial charge in [-0.05, 0) is 48.5 Å².